The van der Waals surface area contributed by atoms with Crippen molar-refractivity contribution in [3.63, 3.8) is 0 Å². The van der Waals surface area contributed by atoms with Crippen LogP contribution in [0.3, 0.4) is 0 Å². The Morgan fingerprint density at radius 3 is 2.68 bits per heavy atom. The molecule has 0 spiro atoms. The van der Waals surface area contributed by atoms with Gasteiger partial charge in [-0.25, -0.2) is 0 Å². The van der Waals surface area contributed by atoms with E-state index in [1.165, 1.54) is 10.8 Å². The highest BCUT2D eigenvalue weighted by Crippen LogP contribution is 2.39. The SMILES string of the molecule is OC[C@@H]1C[C@H](O)[C@@H](O)C(c2cc(Cc3cc4ccccc4s3)c(Cl)cc2O)O1. The molecule has 1 aromatic heterocycles. The van der Waals surface area contributed by atoms with E-state index < -0.39 is 24.4 Å². The van der Waals surface area contributed by atoms with Gasteiger partial charge in [-0.1, -0.05) is 29.8 Å². The molecular weight excluding hydrogens is 400 g/mol. The molecule has 1 saturated heterocycles. The molecule has 28 heavy (non-hydrogen) atoms. The smallest absolute Gasteiger partial charge is 0.122 e. The zero-order chi connectivity index (χ0) is 19.8. The zero-order valence-electron chi connectivity index (χ0n) is 15.0. The largest absolute Gasteiger partial charge is 0.508 e. The summed E-state index contributed by atoms with van der Waals surface area (Å²) in [5.41, 5.74) is 1.14. The van der Waals surface area contributed by atoms with Crippen LogP contribution in [0.4, 0.5) is 0 Å². The van der Waals surface area contributed by atoms with Gasteiger partial charge in [-0.3, -0.25) is 0 Å². The van der Waals surface area contributed by atoms with Crippen LogP contribution in [0.1, 0.15) is 28.5 Å². The molecule has 4 N–H and O–H groups in total. The zero-order valence-corrected chi connectivity index (χ0v) is 16.5. The van der Waals surface area contributed by atoms with Gasteiger partial charge in [0.05, 0.1) is 18.8 Å². The van der Waals surface area contributed by atoms with Crippen LogP contribution in [0.2, 0.25) is 5.02 Å². The molecule has 0 radical (unpaired) electrons. The normalized spacial score (nSPS) is 25.3. The number of phenolic OH excluding ortho intramolecular Hbond substituents is 1. The first-order chi connectivity index (χ1) is 13.5. The standard InChI is InChI=1S/C21H21ClO5S/c22-16-9-17(24)15(21-20(26)18(25)8-13(10-23)27-21)7-12(16)6-14-5-11-3-1-2-4-19(11)28-14/h1-5,7,9,13,18,20-21,23-26H,6,8,10H2/t13-,18-,20+,21?/m0/s1. The van der Waals surface area contributed by atoms with Crippen molar-refractivity contribution in [2.75, 3.05) is 6.61 Å². The van der Waals surface area contributed by atoms with Gasteiger partial charge < -0.3 is 25.2 Å². The average molecular weight is 421 g/mol. The maximum absolute atomic E-state index is 10.4. The molecule has 3 aromatic rings. The Labute approximate surface area is 171 Å². The number of hydrogen-bond acceptors (Lipinski definition) is 6. The number of ether oxygens (including phenoxy) is 1. The number of phenols is 1. The molecule has 7 heteroatoms. The van der Waals surface area contributed by atoms with E-state index in [4.69, 9.17) is 16.3 Å². The summed E-state index contributed by atoms with van der Waals surface area (Å²) in [6, 6.07) is 13.4. The van der Waals surface area contributed by atoms with Gasteiger partial charge in [0.1, 0.15) is 18.0 Å². The first-order valence-corrected chi connectivity index (χ1v) is 10.3. The Morgan fingerprint density at radius 2 is 1.93 bits per heavy atom. The van der Waals surface area contributed by atoms with Crippen LogP contribution in [0.15, 0.2) is 42.5 Å². The highest BCUT2D eigenvalue weighted by Gasteiger charge is 2.38. The van der Waals surface area contributed by atoms with Crippen molar-refractivity contribution in [3.05, 3.63) is 63.5 Å². The second-order valence-electron chi connectivity index (χ2n) is 7.08. The Hall–Kier alpha value is -1.67. The minimum absolute atomic E-state index is 0.111. The third kappa shape index (κ3) is 3.76. The number of aliphatic hydroxyl groups excluding tert-OH is 3. The molecule has 0 bridgehead atoms. The maximum atomic E-state index is 10.4. The molecule has 4 rings (SSSR count). The van der Waals surface area contributed by atoms with Gasteiger partial charge in [-0.2, -0.15) is 0 Å². The number of thiophene rings is 1. The number of halogens is 1. The third-order valence-electron chi connectivity index (χ3n) is 5.09. The van der Waals surface area contributed by atoms with Crippen LogP contribution in [0.25, 0.3) is 10.1 Å². The molecule has 4 atom stereocenters. The molecule has 5 nitrogen and oxygen atoms in total. The van der Waals surface area contributed by atoms with Gasteiger partial charge in [0, 0.05) is 33.0 Å². The van der Waals surface area contributed by atoms with Crippen LogP contribution in [-0.2, 0) is 11.2 Å². The average Bonchev–Trinajstić information content (AvgIpc) is 3.08. The van der Waals surface area contributed by atoms with Crippen LogP contribution in [-0.4, -0.2) is 45.3 Å². The van der Waals surface area contributed by atoms with E-state index in [1.807, 2.05) is 12.1 Å². The number of aliphatic hydroxyl groups is 3. The Kier molecular flexibility index (Phi) is 5.60. The summed E-state index contributed by atoms with van der Waals surface area (Å²) in [5, 5.41) is 41.8. The van der Waals surface area contributed by atoms with E-state index >= 15 is 0 Å². The summed E-state index contributed by atoms with van der Waals surface area (Å²) in [6.07, 6.45) is -3.09. The summed E-state index contributed by atoms with van der Waals surface area (Å²) in [7, 11) is 0. The molecule has 148 valence electrons. The summed E-state index contributed by atoms with van der Waals surface area (Å²) in [4.78, 5) is 1.12. The topological polar surface area (TPSA) is 90.2 Å². The molecule has 2 aromatic carbocycles. The highest BCUT2D eigenvalue weighted by molar-refractivity contribution is 7.19. The van der Waals surface area contributed by atoms with Crippen LogP contribution < -0.4 is 0 Å². The quantitative estimate of drug-likeness (QED) is 0.519. The highest BCUT2D eigenvalue weighted by atomic mass is 35.5. The van der Waals surface area contributed by atoms with Gasteiger partial charge in [0.15, 0.2) is 0 Å². The predicted molar refractivity (Wildman–Crippen MR) is 109 cm³/mol. The Bertz CT molecular complexity index is 955. The Balaban J connectivity index is 1.67. The summed E-state index contributed by atoms with van der Waals surface area (Å²) >= 11 is 8.04. The summed E-state index contributed by atoms with van der Waals surface area (Å²) in [6.45, 7) is -0.275. The fraction of sp³-hybridized carbons (Fsp3) is 0.333. The van der Waals surface area contributed by atoms with Crippen molar-refractivity contribution < 1.29 is 25.2 Å². The molecule has 0 aliphatic carbocycles. The van der Waals surface area contributed by atoms with Crippen LogP contribution in [0.5, 0.6) is 5.75 Å². The van der Waals surface area contributed by atoms with Gasteiger partial charge in [-0.05, 0) is 35.2 Å². The third-order valence-corrected chi connectivity index (χ3v) is 6.56. The van der Waals surface area contributed by atoms with E-state index in [-0.39, 0.29) is 18.8 Å². The van der Waals surface area contributed by atoms with Gasteiger partial charge in [0.25, 0.3) is 0 Å². The molecule has 1 unspecified atom stereocenters. The fourth-order valence-corrected chi connectivity index (χ4v) is 4.94. The second kappa shape index (κ2) is 7.99. The monoisotopic (exact) mass is 420 g/mol. The number of benzene rings is 2. The Morgan fingerprint density at radius 1 is 1.14 bits per heavy atom. The molecule has 0 saturated carbocycles. The first-order valence-electron chi connectivity index (χ1n) is 9.07. The minimum atomic E-state index is -1.20. The second-order valence-corrected chi connectivity index (χ2v) is 8.66. The van der Waals surface area contributed by atoms with E-state index in [2.05, 4.69) is 18.2 Å². The van der Waals surface area contributed by atoms with Crippen molar-refractivity contribution in [3.8, 4) is 5.75 Å². The van der Waals surface area contributed by atoms with E-state index in [0.717, 1.165) is 15.8 Å². The lowest BCUT2D eigenvalue weighted by molar-refractivity contribution is -0.180. The molecular formula is C21H21ClO5S. The first kappa shape index (κ1) is 19.6. The molecule has 1 aliphatic rings. The van der Waals surface area contributed by atoms with Crippen molar-refractivity contribution in [1.82, 2.24) is 0 Å². The number of rotatable bonds is 4. The van der Waals surface area contributed by atoms with Crippen molar-refractivity contribution in [2.45, 2.75) is 37.3 Å². The van der Waals surface area contributed by atoms with Crippen molar-refractivity contribution >= 4 is 33.0 Å². The summed E-state index contributed by atoms with van der Waals surface area (Å²) in [5.74, 6) is -0.111. The molecule has 2 heterocycles. The van der Waals surface area contributed by atoms with Crippen LogP contribution >= 0.6 is 22.9 Å². The van der Waals surface area contributed by atoms with Gasteiger partial charge in [0.2, 0.25) is 0 Å². The van der Waals surface area contributed by atoms with Crippen molar-refractivity contribution in [1.29, 1.82) is 0 Å². The van der Waals surface area contributed by atoms with Crippen molar-refractivity contribution in [2.24, 2.45) is 0 Å². The molecule has 1 fully saturated rings. The van der Waals surface area contributed by atoms with Gasteiger partial charge in [-0.15, -0.1) is 11.3 Å². The number of fused-ring (bicyclic) bond motifs is 1. The van der Waals surface area contributed by atoms with E-state index in [1.54, 1.807) is 17.4 Å². The predicted octanol–water partition coefficient (Wildman–Crippen LogP) is 3.40. The molecule has 0 amide bonds. The van der Waals surface area contributed by atoms with Gasteiger partial charge >= 0.3 is 0 Å². The minimum Gasteiger partial charge on any atom is -0.508 e. The maximum Gasteiger partial charge on any atom is 0.122 e. The molecule has 1 aliphatic heterocycles. The lowest BCUT2D eigenvalue weighted by Gasteiger charge is -2.37. The lowest BCUT2D eigenvalue weighted by atomic mass is 9.91. The number of aromatic hydroxyl groups is 1. The summed E-state index contributed by atoms with van der Waals surface area (Å²) < 4.78 is 6.91. The van der Waals surface area contributed by atoms with E-state index in [0.29, 0.717) is 17.0 Å². The lowest BCUT2D eigenvalue weighted by Crippen LogP contribution is -2.44. The number of hydrogen-bond donors (Lipinski definition) is 4. The van der Waals surface area contributed by atoms with E-state index in [9.17, 15) is 20.4 Å². The van der Waals surface area contributed by atoms with Crippen LogP contribution in [0, 0.1) is 0 Å². The fourth-order valence-electron chi connectivity index (χ4n) is 3.63.